The highest BCUT2D eigenvalue weighted by molar-refractivity contribution is 7.89. The Labute approximate surface area is 96.4 Å². The Morgan fingerprint density at radius 2 is 2.06 bits per heavy atom. The number of allylic oxidation sites excluding steroid dienone is 1. The highest BCUT2D eigenvalue weighted by Crippen LogP contribution is 2.41. The van der Waals surface area contributed by atoms with E-state index in [9.17, 15) is 17.7 Å². The van der Waals surface area contributed by atoms with E-state index < -0.39 is 24.0 Å². The van der Waals surface area contributed by atoms with Crippen LogP contribution in [0, 0.1) is 11.8 Å². The van der Waals surface area contributed by atoms with Crippen molar-refractivity contribution in [1.29, 1.82) is 0 Å². The second-order valence-electron chi connectivity index (χ2n) is 4.34. The van der Waals surface area contributed by atoms with Crippen LogP contribution in [0.15, 0.2) is 12.2 Å². The molecule has 0 aromatic rings. The summed E-state index contributed by atoms with van der Waals surface area (Å²) in [6, 6.07) is 0. The summed E-state index contributed by atoms with van der Waals surface area (Å²) in [5.74, 6) is -0.0494. The van der Waals surface area contributed by atoms with Crippen LogP contribution in [0.5, 0.6) is 0 Å². The molecule has 0 spiro atoms. The number of rotatable bonds is 4. The Morgan fingerprint density at radius 1 is 1.50 bits per heavy atom. The highest BCUT2D eigenvalue weighted by Gasteiger charge is 2.37. The lowest BCUT2D eigenvalue weighted by molar-refractivity contribution is -0.152. The monoisotopic (exact) mass is 255 g/mol. The van der Waals surface area contributed by atoms with Gasteiger partial charge in [0.15, 0.2) is 5.25 Å². The second-order valence-corrected chi connectivity index (χ2v) is 5.74. The topological polar surface area (TPSA) is 49.1 Å². The standard InChI is InChI=1S/C10H16F3NOS/c1-7(16(14)15)2-3-8-4-9(5-8)6-10(11,12)13/h2-3,7-9H,4-6,14H2,1H3. The minimum Gasteiger partial charge on any atom is -0.598 e. The van der Waals surface area contributed by atoms with Crippen LogP contribution in [0.25, 0.3) is 0 Å². The minimum atomic E-state index is -4.05. The molecule has 94 valence electrons. The number of hydrogen-bond acceptors (Lipinski definition) is 2. The van der Waals surface area contributed by atoms with E-state index in [2.05, 4.69) is 0 Å². The summed E-state index contributed by atoms with van der Waals surface area (Å²) in [5.41, 5.74) is 0. The van der Waals surface area contributed by atoms with Gasteiger partial charge in [-0.2, -0.15) is 18.3 Å². The van der Waals surface area contributed by atoms with Crippen LogP contribution in [0.1, 0.15) is 26.2 Å². The molecule has 1 fully saturated rings. The molecule has 6 heteroatoms. The van der Waals surface area contributed by atoms with Crippen molar-refractivity contribution < 1.29 is 17.7 Å². The van der Waals surface area contributed by atoms with Crippen molar-refractivity contribution in [2.24, 2.45) is 17.0 Å². The van der Waals surface area contributed by atoms with E-state index in [-0.39, 0.29) is 17.1 Å². The van der Waals surface area contributed by atoms with Gasteiger partial charge >= 0.3 is 6.18 Å². The number of halogens is 3. The Balaban J connectivity index is 2.22. The van der Waals surface area contributed by atoms with E-state index in [1.165, 1.54) is 0 Å². The summed E-state index contributed by atoms with van der Waals surface area (Å²) in [4.78, 5) is 0. The summed E-state index contributed by atoms with van der Waals surface area (Å²) in [6.45, 7) is 1.72. The van der Waals surface area contributed by atoms with Crippen molar-refractivity contribution in [3.05, 3.63) is 12.2 Å². The predicted octanol–water partition coefficient (Wildman–Crippen LogP) is 2.53. The Bertz CT molecular complexity index is 249. The number of nitrogens with two attached hydrogens (primary N) is 1. The third-order valence-corrected chi connectivity index (χ3v) is 3.70. The molecule has 0 aromatic carbocycles. The first kappa shape index (κ1) is 13.9. The zero-order valence-corrected chi connectivity index (χ0v) is 9.85. The van der Waals surface area contributed by atoms with Crippen LogP contribution in [-0.4, -0.2) is 16.0 Å². The maximum atomic E-state index is 12.0. The van der Waals surface area contributed by atoms with Gasteiger partial charge in [-0.05, 0) is 37.7 Å². The molecule has 2 N–H and O–H groups in total. The van der Waals surface area contributed by atoms with Gasteiger partial charge in [0.05, 0.1) is 0 Å². The van der Waals surface area contributed by atoms with Gasteiger partial charge in [-0.3, -0.25) is 0 Å². The molecule has 0 aliphatic heterocycles. The normalized spacial score (nSPS) is 30.1. The van der Waals surface area contributed by atoms with Crippen molar-refractivity contribution in [2.75, 3.05) is 0 Å². The molecule has 0 heterocycles. The van der Waals surface area contributed by atoms with Crippen LogP contribution in [0.3, 0.4) is 0 Å². The van der Waals surface area contributed by atoms with Crippen molar-refractivity contribution in [3.63, 3.8) is 0 Å². The van der Waals surface area contributed by atoms with Gasteiger partial charge < -0.3 is 4.55 Å². The van der Waals surface area contributed by atoms with Crippen molar-refractivity contribution in [2.45, 2.75) is 37.6 Å². The van der Waals surface area contributed by atoms with Crippen molar-refractivity contribution in [3.8, 4) is 0 Å². The van der Waals surface area contributed by atoms with Crippen LogP contribution < -0.4 is 5.14 Å². The largest absolute Gasteiger partial charge is 0.598 e. The lowest BCUT2D eigenvalue weighted by Gasteiger charge is -2.34. The highest BCUT2D eigenvalue weighted by atomic mass is 32.2. The van der Waals surface area contributed by atoms with E-state index in [0.717, 1.165) is 0 Å². The lowest BCUT2D eigenvalue weighted by atomic mass is 9.73. The first-order valence-electron chi connectivity index (χ1n) is 5.18. The maximum Gasteiger partial charge on any atom is 0.389 e. The summed E-state index contributed by atoms with van der Waals surface area (Å²) in [7, 11) is 0. The third kappa shape index (κ3) is 4.76. The SMILES string of the molecule is CC(C=CC1CC(CC(F)(F)F)C1)[S+](N)[O-]. The maximum absolute atomic E-state index is 12.0. The van der Waals surface area contributed by atoms with E-state index >= 15 is 0 Å². The fourth-order valence-electron chi connectivity index (χ4n) is 1.83. The van der Waals surface area contributed by atoms with E-state index in [1.54, 1.807) is 13.0 Å². The first-order valence-corrected chi connectivity index (χ1v) is 6.45. The molecule has 16 heavy (non-hydrogen) atoms. The van der Waals surface area contributed by atoms with Crippen LogP contribution in [0.4, 0.5) is 13.2 Å². The third-order valence-electron chi connectivity index (χ3n) is 2.81. The van der Waals surface area contributed by atoms with Gasteiger partial charge in [-0.1, -0.05) is 6.08 Å². The van der Waals surface area contributed by atoms with Gasteiger partial charge in [0, 0.05) is 17.8 Å². The molecule has 1 saturated carbocycles. The predicted molar refractivity (Wildman–Crippen MR) is 57.8 cm³/mol. The van der Waals surface area contributed by atoms with E-state index in [4.69, 9.17) is 5.14 Å². The average Bonchev–Trinajstić information content (AvgIpc) is 2.05. The van der Waals surface area contributed by atoms with Crippen molar-refractivity contribution in [1.82, 2.24) is 0 Å². The van der Waals surface area contributed by atoms with Gasteiger partial charge in [-0.15, -0.1) is 0 Å². The molecule has 2 atom stereocenters. The Kier molecular flexibility index (Phi) is 4.70. The molecular weight excluding hydrogens is 239 g/mol. The summed E-state index contributed by atoms with van der Waals surface area (Å²) < 4.78 is 46.8. The van der Waals surface area contributed by atoms with Crippen LogP contribution in [0.2, 0.25) is 0 Å². The second kappa shape index (κ2) is 5.42. The minimum absolute atomic E-state index is 0.193. The quantitative estimate of drug-likeness (QED) is 0.620. The number of hydrogen-bond donors (Lipinski definition) is 1. The van der Waals surface area contributed by atoms with Gasteiger partial charge in [0.2, 0.25) is 0 Å². The van der Waals surface area contributed by atoms with Crippen LogP contribution >= 0.6 is 0 Å². The fourth-order valence-corrected chi connectivity index (χ4v) is 2.08. The molecule has 2 nitrogen and oxygen atoms in total. The van der Waals surface area contributed by atoms with Gasteiger partial charge in [-0.25, -0.2) is 0 Å². The Morgan fingerprint density at radius 3 is 2.50 bits per heavy atom. The first-order chi connectivity index (χ1) is 7.28. The summed E-state index contributed by atoms with van der Waals surface area (Å²) in [5, 5.41) is 4.93. The average molecular weight is 255 g/mol. The molecule has 2 unspecified atom stereocenters. The zero-order chi connectivity index (χ0) is 12.3. The van der Waals surface area contributed by atoms with Crippen molar-refractivity contribution >= 4 is 11.4 Å². The van der Waals surface area contributed by atoms with E-state index in [0.29, 0.717) is 12.8 Å². The van der Waals surface area contributed by atoms with Crippen LogP contribution in [-0.2, 0) is 11.4 Å². The molecule has 1 rings (SSSR count). The molecule has 0 amide bonds. The molecule has 0 saturated heterocycles. The zero-order valence-electron chi connectivity index (χ0n) is 9.04. The smallest absolute Gasteiger partial charge is 0.389 e. The molecule has 0 aromatic heterocycles. The van der Waals surface area contributed by atoms with Gasteiger partial charge in [0.25, 0.3) is 0 Å². The molecule has 0 bridgehead atoms. The van der Waals surface area contributed by atoms with E-state index in [1.807, 2.05) is 6.08 Å². The molecule has 1 aliphatic carbocycles. The molecule has 0 radical (unpaired) electrons. The Hall–Kier alpha value is -0.200. The summed E-state index contributed by atoms with van der Waals surface area (Å²) >= 11 is -1.40. The van der Waals surface area contributed by atoms with Gasteiger partial charge in [0.1, 0.15) is 0 Å². The molecule has 1 aliphatic rings. The lowest BCUT2D eigenvalue weighted by Crippen LogP contribution is -2.28. The molecular formula is C10H16F3NOS. The summed E-state index contributed by atoms with van der Waals surface area (Å²) in [6.07, 6.45) is -0.0339. The number of alkyl halides is 3. The fraction of sp³-hybridized carbons (Fsp3) is 0.800.